The van der Waals surface area contributed by atoms with Crippen LogP contribution in [0.1, 0.15) is 24.1 Å². The second-order valence-corrected chi connectivity index (χ2v) is 6.97. The molecule has 0 aromatic carbocycles. The topological polar surface area (TPSA) is 86.9 Å². The van der Waals surface area contributed by atoms with Gasteiger partial charge in [-0.1, -0.05) is 6.07 Å². The van der Waals surface area contributed by atoms with E-state index in [-0.39, 0.29) is 11.4 Å². The second-order valence-electron chi connectivity index (χ2n) is 5.20. The van der Waals surface area contributed by atoms with Crippen molar-refractivity contribution in [1.82, 2.24) is 20.0 Å². The van der Waals surface area contributed by atoms with Crippen LogP contribution in [0.25, 0.3) is 0 Å². The molecular formula is C14H18N4O2S. The molecular weight excluding hydrogens is 288 g/mol. The van der Waals surface area contributed by atoms with Crippen LogP contribution < -0.4 is 10.0 Å². The number of sulfonamides is 1. The molecule has 3 N–H and O–H groups in total. The summed E-state index contributed by atoms with van der Waals surface area (Å²) < 4.78 is 27.0. The highest BCUT2D eigenvalue weighted by Gasteiger charge is 2.21. The van der Waals surface area contributed by atoms with Gasteiger partial charge in [0.25, 0.3) is 0 Å². The van der Waals surface area contributed by atoms with E-state index in [0.717, 1.165) is 11.3 Å². The molecule has 0 bridgehead atoms. The molecule has 21 heavy (non-hydrogen) atoms. The number of pyridine rings is 1. The van der Waals surface area contributed by atoms with Crippen molar-refractivity contribution in [2.75, 3.05) is 0 Å². The summed E-state index contributed by atoms with van der Waals surface area (Å²) in [7, 11) is -3.50. The Morgan fingerprint density at radius 2 is 2.19 bits per heavy atom. The minimum atomic E-state index is -3.50. The zero-order valence-corrected chi connectivity index (χ0v) is 12.4. The van der Waals surface area contributed by atoms with Gasteiger partial charge in [-0.15, -0.1) is 0 Å². The highest BCUT2D eigenvalue weighted by Crippen LogP contribution is 2.19. The third kappa shape index (κ3) is 3.90. The Morgan fingerprint density at radius 3 is 2.90 bits per heavy atom. The number of nitrogens with zero attached hydrogens (tertiary/aromatic N) is 1. The molecule has 112 valence electrons. The summed E-state index contributed by atoms with van der Waals surface area (Å²) in [6.45, 7) is 0.903. The first-order valence-electron chi connectivity index (χ1n) is 6.93. The first kappa shape index (κ1) is 14.2. The number of aromatic amines is 1. The van der Waals surface area contributed by atoms with Crippen molar-refractivity contribution in [3.8, 4) is 0 Å². The highest BCUT2D eigenvalue weighted by atomic mass is 32.2. The summed E-state index contributed by atoms with van der Waals surface area (Å²) in [5.74, 6) is 0. The van der Waals surface area contributed by atoms with Gasteiger partial charge in [0.15, 0.2) is 0 Å². The van der Waals surface area contributed by atoms with Crippen LogP contribution in [-0.4, -0.2) is 24.4 Å². The fraction of sp³-hybridized carbons (Fsp3) is 0.357. The smallest absolute Gasteiger partial charge is 0.242 e. The molecule has 1 saturated carbocycles. The van der Waals surface area contributed by atoms with E-state index in [1.807, 2.05) is 6.07 Å². The van der Waals surface area contributed by atoms with Crippen LogP contribution in [0.5, 0.6) is 0 Å². The number of hydrogen-bond donors (Lipinski definition) is 3. The van der Waals surface area contributed by atoms with Crippen molar-refractivity contribution >= 4 is 10.0 Å². The van der Waals surface area contributed by atoms with Crippen molar-refractivity contribution in [2.45, 2.75) is 36.9 Å². The monoisotopic (exact) mass is 306 g/mol. The number of nitrogens with one attached hydrogen (secondary N) is 3. The molecule has 0 unspecified atom stereocenters. The average Bonchev–Trinajstić information content (AvgIpc) is 3.20. The molecule has 2 aromatic rings. The zero-order chi connectivity index (χ0) is 14.7. The van der Waals surface area contributed by atoms with E-state index in [1.165, 1.54) is 19.0 Å². The van der Waals surface area contributed by atoms with Crippen molar-refractivity contribution in [1.29, 1.82) is 0 Å². The number of rotatable bonds is 7. The van der Waals surface area contributed by atoms with Crippen LogP contribution in [0.4, 0.5) is 0 Å². The van der Waals surface area contributed by atoms with E-state index in [0.29, 0.717) is 12.6 Å². The largest absolute Gasteiger partial charge is 0.363 e. The van der Waals surface area contributed by atoms with E-state index in [2.05, 4.69) is 20.0 Å². The first-order chi connectivity index (χ1) is 10.1. The summed E-state index contributed by atoms with van der Waals surface area (Å²) in [6.07, 6.45) is 7.24. The Morgan fingerprint density at radius 1 is 1.33 bits per heavy atom. The quantitative estimate of drug-likeness (QED) is 0.716. The molecule has 2 heterocycles. The maximum Gasteiger partial charge on any atom is 0.242 e. The molecule has 0 saturated heterocycles. The minimum Gasteiger partial charge on any atom is -0.363 e. The Hall–Kier alpha value is -1.70. The standard InChI is InChI=1S/C14H18N4O2S/c19-21(20,18-8-11-2-1-5-15-7-11)14-6-13(17-10-14)9-16-12-3-4-12/h1-2,5-7,10,12,16-18H,3-4,8-9H2. The predicted octanol–water partition coefficient (Wildman–Crippen LogP) is 1.14. The molecule has 6 nitrogen and oxygen atoms in total. The lowest BCUT2D eigenvalue weighted by Crippen LogP contribution is -2.22. The lowest BCUT2D eigenvalue weighted by atomic mass is 10.3. The van der Waals surface area contributed by atoms with Crippen LogP contribution in [-0.2, 0) is 23.1 Å². The Labute approximate surface area is 124 Å². The number of aromatic nitrogens is 2. The maximum absolute atomic E-state index is 12.2. The predicted molar refractivity (Wildman–Crippen MR) is 78.9 cm³/mol. The average molecular weight is 306 g/mol. The lowest BCUT2D eigenvalue weighted by molar-refractivity contribution is 0.581. The van der Waals surface area contributed by atoms with Crippen LogP contribution in [0.2, 0.25) is 0 Å². The summed E-state index contributed by atoms with van der Waals surface area (Å²) in [5.41, 5.74) is 1.70. The maximum atomic E-state index is 12.2. The van der Waals surface area contributed by atoms with Crippen LogP contribution in [0, 0.1) is 0 Å². The van der Waals surface area contributed by atoms with Gasteiger partial charge < -0.3 is 10.3 Å². The molecule has 1 aliphatic rings. The molecule has 1 aliphatic carbocycles. The van der Waals surface area contributed by atoms with Crippen LogP contribution >= 0.6 is 0 Å². The van der Waals surface area contributed by atoms with Gasteiger partial charge in [0.05, 0.1) is 4.90 Å². The van der Waals surface area contributed by atoms with Gasteiger partial charge in [-0.05, 0) is 30.5 Å². The third-order valence-electron chi connectivity index (χ3n) is 3.37. The van der Waals surface area contributed by atoms with Gasteiger partial charge in [-0.3, -0.25) is 4.98 Å². The van der Waals surface area contributed by atoms with Gasteiger partial charge in [-0.2, -0.15) is 0 Å². The van der Waals surface area contributed by atoms with Gasteiger partial charge >= 0.3 is 0 Å². The molecule has 0 amide bonds. The summed E-state index contributed by atoms with van der Waals surface area (Å²) in [4.78, 5) is 7.22. The van der Waals surface area contributed by atoms with Gasteiger partial charge in [-0.25, -0.2) is 13.1 Å². The first-order valence-corrected chi connectivity index (χ1v) is 8.41. The summed E-state index contributed by atoms with van der Waals surface area (Å²) in [5, 5.41) is 3.34. The van der Waals surface area contributed by atoms with Crippen molar-refractivity contribution in [3.05, 3.63) is 48.0 Å². The third-order valence-corrected chi connectivity index (χ3v) is 4.75. The normalized spacial score (nSPS) is 15.2. The van der Waals surface area contributed by atoms with Gasteiger partial charge in [0, 0.05) is 43.4 Å². The van der Waals surface area contributed by atoms with Crippen LogP contribution in [0.15, 0.2) is 41.7 Å². The van der Waals surface area contributed by atoms with Gasteiger partial charge in [0.2, 0.25) is 10.0 Å². The van der Waals surface area contributed by atoms with Crippen molar-refractivity contribution in [3.63, 3.8) is 0 Å². The number of H-pyrrole nitrogens is 1. The molecule has 0 aliphatic heterocycles. The van der Waals surface area contributed by atoms with E-state index in [1.54, 1.807) is 24.5 Å². The highest BCUT2D eigenvalue weighted by molar-refractivity contribution is 7.89. The van der Waals surface area contributed by atoms with E-state index in [9.17, 15) is 8.42 Å². The van der Waals surface area contributed by atoms with Gasteiger partial charge in [0.1, 0.15) is 0 Å². The fourth-order valence-electron chi connectivity index (χ4n) is 1.98. The fourth-order valence-corrected chi connectivity index (χ4v) is 3.02. The Bertz CT molecular complexity index is 693. The van der Waals surface area contributed by atoms with E-state index >= 15 is 0 Å². The lowest BCUT2D eigenvalue weighted by Gasteiger charge is -2.04. The van der Waals surface area contributed by atoms with Crippen molar-refractivity contribution < 1.29 is 8.42 Å². The van der Waals surface area contributed by atoms with Crippen LogP contribution in [0.3, 0.4) is 0 Å². The molecule has 1 fully saturated rings. The Kier molecular flexibility index (Phi) is 4.05. The van der Waals surface area contributed by atoms with E-state index < -0.39 is 10.0 Å². The molecule has 7 heteroatoms. The molecule has 0 spiro atoms. The minimum absolute atomic E-state index is 0.233. The zero-order valence-electron chi connectivity index (χ0n) is 11.5. The molecule has 0 radical (unpaired) electrons. The molecule has 2 aromatic heterocycles. The molecule has 3 rings (SSSR count). The SMILES string of the molecule is O=S(=O)(NCc1cccnc1)c1c[nH]c(CNC2CC2)c1. The van der Waals surface area contributed by atoms with Crippen molar-refractivity contribution in [2.24, 2.45) is 0 Å². The summed E-state index contributed by atoms with van der Waals surface area (Å²) >= 11 is 0. The Balaban J connectivity index is 1.61. The van der Waals surface area contributed by atoms with E-state index in [4.69, 9.17) is 0 Å². The second kappa shape index (κ2) is 5.97. The number of hydrogen-bond acceptors (Lipinski definition) is 4. The summed E-state index contributed by atoms with van der Waals surface area (Å²) in [6, 6.07) is 5.87. The molecule has 0 atom stereocenters.